The lowest BCUT2D eigenvalue weighted by Crippen LogP contribution is -2.31. The van der Waals surface area contributed by atoms with E-state index in [1.165, 1.54) is 11.8 Å². The number of thioether (sulfide) groups is 1. The van der Waals surface area contributed by atoms with Crippen LogP contribution in [0, 0.1) is 0 Å². The Bertz CT molecular complexity index is 381. The van der Waals surface area contributed by atoms with Crippen molar-refractivity contribution in [1.29, 1.82) is 0 Å². The number of carbonyl (C=O) groups excluding carboxylic acids is 1. The summed E-state index contributed by atoms with van der Waals surface area (Å²) in [4.78, 5) is 22.2. The first kappa shape index (κ1) is 13.6. The number of hydrogen-bond acceptors (Lipinski definition) is 3. The Balaban J connectivity index is 2.74. The van der Waals surface area contributed by atoms with E-state index in [1.54, 1.807) is 0 Å². The Morgan fingerprint density at radius 1 is 1.35 bits per heavy atom. The summed E-state index contributed by atoms with van der Waals surface area (Å²) in [6.07, 6.45) is 1.72. The maximum Gasteiger partial charge on any atom is 0.305 e. The highest BCUT2D eigenvalue weighted by Crippen LogP contribution is 2.16. The molecule has 5 heteroatoms. The Labute approximate surface area is 104 Å². The van der Waals surface area contributed by atoms with Crippen LogP contribution in [-0.2, 0) is 9.59 Å². The lowest BCUT2D eigenvalue weighted by molar-refractivity contribution is -0.137. The van der Waals surface area contributed by atoms with Gasteiger partial charge in [-0.05, 0) is 11.8 Å². The number of nitrogens with one attached hydrogen (secondary N) is 1. The average molecular weight is 253 g/mol. The molecule has 1 rings (SSSR count). The maximum absolute atomic E-state index is 11.5. The molecule has 92 valence electrons. The summed E-state index contributed by atoms with van der Waals surface area (Å²) in [5.41, 5.74) is 0.810. The number of carboxylic acids is 1. The molecule has 4 nitrogen and oxygen atoms in total. The van der Waals surface area contributed by atoms with Crippen LogP contribution in [0.4, 0.5) is 0 Å². The van der Waals surface area contributed by atoms with Gasteiger partial charge in [0.2, 0.25) is 5.91 Å². The first-order valence-electron chi connectivity index (χ1n) is 5.18. The molecule has 0 aliphatic heterocycles. The van der Waals surface area contributed by atoms with E-state index in [0.717, 1.165) is 5.56 Å². The lowest BCUT2D eigenvalue weighted by atomic mass is 10.0. The molecule has 1 aromatic rings. The van der Waals surface area contributed by atoms with Crippen LogP contribution in [0.3, 0.4) is 0 Å². The van der Waals surface area contributed by atoms with Gasteiger partial charge in [0.05, 0.1) is 18.2 Å². The standard InChI is InChI=1S/C12H15NO3S/c1-17-8-11(14)13-10(7-12(15)16)9-5-3-2-4-6-9/h2-6,10H,7-8H2,1H3,(H,13,14)(H,15,16)/t10-/m1/s1. The van der Waals surface area contributed by atoms with Gasteiger partial charge < -0.3 is 10.4 Å². The molecule has 0 fully saturated rings. The van der Waals surface area contributed by atoms with Crippen molar-refractivity contribution in [3.63, 3.8) is 0 Å². The minimum atomic E-state index is -0.927. The monoisotopic (exact) mass is 253 g/mol. The zero-order valence-corrected chi connectivity index (χ0v) is 10.4. The predicted molar refractivity (Wildman–Crippen MR) is 68.0 cm³/mol. The second-order valence-corrected chi connectivity index (χ2v) is 4.43. The van der Waals surface area contributed by atoms with Gasteiger partial charge in [0.25, 0.3) is 0 Å². The first-order chi connectivity index (χ1) is 8.13. The Kier molecular flexibility index (Phi) is 5.56. The van der Waals surface area contributed by atoms with E-state index in [4.69, 9.17) is 5.11 Å². The average Bonchev–Trinajstić information content (AvgIpc) is 2.29. The predicted octanol–water partition coefficient (Wildman–Crippen LogP) is 1.68. The second-order valence-electron chi connectivity index (χ2n) is 3.56. The van der Waals surface area contributed by atoms with E-state index < -0.39 is 12.0 Å². The summed E-state index contributed by atoms with van der Waals surface area (Å²) in [5.74, 6) is -0.737. The SMILES string of the molecule is CSCC(=O)N[C@H](CC(=O)O)c1ccccc1. The third-order valence-corrected chi connectivity index (χ3v) is 2.74. The van der Waals surface area contributed by atoms with Crippen molar-refractivity contribution in [2.75, 3.05) is 12.0 Å². The van der Waals surface area contributed by atoms with Gasteiger partial charge in [-0.1, -0.05) is 30.3 Å². The van der Waals surface area contributed by atoms with E-state index in [0.29, 0.717) is 5.75 Å². The molecule has 0 unspecified atom stereocenters. The maximum atomic E-state index is 11.5. The molecule has 0 aliphatic rings. The highest BCUT2D eigenvalue weighted by atomic mass is 32.2. The summed E-state index contributed by atoms with van der Waals surface area (Å²) in [7, 11) is 0. The summed E-state index contributed by atoms with van der Waals surface area (Å²) in [6, 6.07) is 8.66. The minimum absolute atomic E-state index is 0.107. The molecule has 1 atom stereocenters. The largest absolute Gasteiger partial charge is 0.481 e. The van der Waals surface area contributed by atoms with Crippen LogP contribution in [0.25, 0.3) is 0 Å². The Morgan fingerprint density at radius 2 is 2.00 bits per heavy atom. The summed E-state index contributed by atoms with van der Waals surface area (Å²) >= 11 is 1.41. The summed E-state index contributed by atoms with van der Waals surface area (Å²) < 4.78 is 0. The zero-order chi connectivity index (χ0) is 12.7. The molecule has 1 amide bonds. The Hall–Kier alpha value is -1.49. The van der Waals surface area contributed by atoms with Crippen molar-refractivity contribution in [3.05, 3.63) is 35.9 Å². The van der Waals surface area contributed by atoms with Crippen molar-refractivity contribution < 1.29 is 14.7 Å². The fraction of sp³-hybridized carbons (Fsp3) is 0.333. The summed E-state index contributed by atoms with van der Waals surface area (Å²) in [6.45, 7) is 0. The van der Waals surface area contributed by atoms with Crippen LogP contribution in [-0.4, -0.2) is 29.0 Å². The van der Waals surface area contributed by atoms with Crippen molar-refractivity contribution in [3.8, 4) is 0 Å². The second kappa shape index (κ2) is 6.96. The molecule has 0 bridgehead atoms. The van der Waals surface area contributed by atoms with Crippen LogP contribution in [0.15, 0.2) is 30.3 Å². The topological polar surface area (TPSA) is 66.4 Å². The molecule has 0 spiro atoms. The quantitative estimate of drug-likeness (QED) is 0.809. The molecule has 0 radical (unpaired) electrons. The molecular formula is C12H15NO3S. The Morgan fingerprint density at radius 3 is 2.53 bits per heavy atom. The highest BCUT2D eigenvalue weighted by Gasteiger charge is 2.17. The van der Waals surface area contributed by atoms with E-state index in [-0.39, 0.29) is 12.3 Å². The molecule has 0 heterocycles. The number of carboxylic acid groups (broad SMARTS) is 1. The van der Waals surface area contributed by atoms with Crippen molar-refractivity contribution >= 4 is 23.6 Å². The number of carbonyl (C=O) groups is 2. The normalized spacial score (nSPS) is 11.8. The highest BCUT2D eigenvalue weighted by molar-refractivity contribution is 7.99. The van der Waals surface area contributed by atoms with Crippen molar-refractivity contribution in [1.82, 2.24) is 5.32 Å². The molecule has 2 N–H and O–H groups in total. The van der Waals surface area contributed by atoms with E-state index in [1.807, 2.05) is 36.6 Å². The number of benzene rings is 1. The fourth-order valence-electron chi connectivity index (χ4n) is 1.48. The molecule has 0 aliphatic carbocycles. The molecule has 0 saturated carbocycles. The van der Waals surface area contributed by atoms with Gasteiger partial charge in [0.1, 0.15) is 0 Å². The minimum Gasteiger partial charge on any atom is -0.481 e. The van der Waals surface area contributed by atoms with Gasteiger partial charge in [-0.15, -0.1) is 0 Å². The van der Waals surface area contributed by atoms with Crippen molar-refractivity contribution in [2.45, 2.75) is 12.5 Å². The fourth-order valence-corrected chi connectivity index (χ4v) is 1.82. The van der Waals surface area contributed by atoms with E-state index in [9.17, 15) is 9.59 Å². The zero-order valence-electron chi connectivity index (χ0n) is 9.55. The molecule has 0 saturated heterocycles. The molecule has 1 aromatic carbocycles. The smallest absolute Gasteiger partial charge is 0.305 e. The van der Waals surface area contributed by atoms with Gasteiger partial charge >= 0.3 is 5.97 Å². The van der Waals surface area contributed by atoms with Crippen LogP contribution in [0.2, 0.25) is 0 Å². The molecule has 17 heavy (non-hydrogen) atoms. The number of rotatable bonds is 6. The number of aliphatic carboxylic acids is 1. The summed E-state index contributed by atoms with van der Waals surface area (Å²) in [5, 5.41) is 11.6. The van der Waals surface area contributed by atoms with Gasteiger partial charge in [0, 0.05) is 0 Å². The van der Waals surface area contributed by atoms with Crippen LogP contribution >= 0.6 is 11.8 Å². The van der Waals surface area contributed by atoms with E-state index in [2.05, 4.69) is 5.32 Å². The number of hydrogen-bond donors (Lipinski definition) is 2. The third kappa shape index (κ3) is 4.91. The van der Waals surface area contributed by atoms with Gasteiger partial charge in [-0.3, -0.25) is 9.59 Å². The first-order valence-corrected chi connectivity index (χ1v) is 6.58. The molecule has 0 aromatic heterocycles. The number of amides is 1. The molecular weight excluding hydrogens is 238 g/mol. The third-order valence-electron chi connectivity index (χ3n) is 2.19. The van der Waals surface area contributed by atoms with Gasteiger partial charge in [-0.25, -0.2) is 0 Å². The van der Waals surface area contributed by atoms with E-state index >= 15 is 0 Å². The van der Waals surface area contributed by atoms with Crippen LogP contribution < -0.4 is 5.32 Å². The van der Waals surface area contributed by atoms with Gasteiger partial charge in [0.15, 0.2) is 0 Å². The van der Waals surface area contributed by atoms with Gasteiger partial charge in [-0.2, -0.15) is 11.8 Å². The van der Waals surface area contributed by atoms with Crippen LogP contribution in [0.5, 0.6) is 0 Å². The van der Waals surface area contributed by atoms with Crippen molar-refractivity contribution in [2.24, 2.45) is 0 Å². The van der Waals surface area contributed by atoms with Crippen LogP contribution in [0.1, 0.15) is 18.0 Å². The lowest BCUT2D eigenvalue weighted by Gasteiger charge is -2.17.